The number of amides is 1. The van der Waals surface area contributed by atoms with Gasteiger partial charge in [0.15, 0.2) is 18.9 Å². The summed E-state index contributed by atoms with van der Waals surface area (Å²) >= 11 is 0. The highest BCUT2D eigenvalue weighted by atomic mass is 16.8. The van der Waals surface area contributed by atoms with Gasteiger partial charge >= 0.3 is 0 Å². The van der Waals surface area contributed by atoms with E-state index in [-0.39, 0.29) is 18.9 Å². The third-order valence-electron chi connectivity index (χ3n) is 17.4. The van der Waals surface area contributed by atoms with E-state index in [1.165, 1.54) is 122 Å². The van der Waals surface area contributed by atoms with E-state index in [1.54, 1.807) is 0 Å². The Labute approximate surface area is 535 Å². The Morgan fingerprint density at radius 1 is 0.416 bits per heavy atom. The average Bonchev–Trinajstić information content (AvgIpc) is 2.44. The maximum absolute atomic E-state index is 13.4. The fourth-order valence-corrected chi connectivity index (χ4v) is 11.7. The summed E-state index contributed by atoms with van der Waals surface area (Å²) in [7, 11) is 0. The average molecular weight is 1270 g/mol. The molecule has 0 aliphatic carbocycles. The van der Waals surface area contributed by atoms with E-state index >= 15 is 0 Å². The SMILES string of the molecule is CC/C=C\C/C=C\C/C=C\C/C=C\C/C=C\CCCCCCCCCCCC(=O)NC(COC1OC(CO)C(OC2OC(CO)C(OC3OC(CO)C(O)C(O)C3O)C(O)C2O)C(O)C1O)C(O)CCCCCCCCCCCCCCCCCCCCC. The Hall–Kier alpha value is -2.51. The normalized spacial score (nSPS) is 28.6. The predicted octanol–water partition coefficient (Wildman–Crippen LogP) is 9.16. The number of nitrogens with one attached hydrogen (secondary N) is 1. The van der Waals surface area contributed by atoms with Crippen LogP contribution in [0.25, 0.3) is 0 Å². The van der Waals surface area contributed by atoms with Gasteiger partial charge in [0.1, 0.15) is 73.2 Å². The van der Waals surface area contributed by atoms with Crippen molar-refractivity contribution in [2.24, 2.45) is 0 Å². The van der Waals surface area contributed by atoms with Gasteiger partial charge in [0, 0.05) is 6.42 Å². The molecule has 19 heteroatoms. The third-order valence-corrected chi connectivity index (χ3v) is 17.4. The fraction of sp³-hybridized carbons (Fsp3) is 0.843. The Kier molecular flexibility index (Phi) is 47.0. The molecule has 12 N–H and O–H groups in total. The van der Waals surface area contributed by atoms with Crippen LogP contribution in [0.15, 0.2) is 60.8 Å². The fourth-order valence-electron chi connectivity index (χ4n) is 11.7. The highest BCUT2D eigenvalue weighted by molar-refractivity contribution is 5.76. The van der Waals surface area contributed by atoms with E-state index in [4.69, 9.17) is 28.4 Å². The third kappa shape index (κ3) is 33.9. The minimum atomic E-state index is -1.97. The molecule has 3 rings (SSSR count). The zero-order valence-electron chi connectivity index (χ0n) is 54.6. The smallest absolute Gasteiger partial charge is 0.220 e. The van der Waals surface area contributed by atoms with Gasteiger partial charge in [-0.25, -0.2) is 0 Å². The molecule has 19 nitrogen and oxygen atoms in total. The first-order valence-corrected chi connectivity index (χ1v) is 35.0. The first-order valence-electron chi connectivity index (χ1n) is 35.0. The molecule has 3 aliphatic rings. The lowest BCUT2D eigenvalue weighted by Crippen LogP contribution is -2.66. The van der Waals surface area contributed by atoms with Crippen molar-refractivity contribution in [2.45, 2.75) is 349 Å². The molecule has 0 radical (unpaired) electrons. The van der Waals surface area contributed by atoms with Crippen molar-refractivity contribution in [1.29, 1.82) is 0 Å². The number of carbonyl (C=O) groups is 1. The standard InChI is InChI=1S/C70H125NO18/c1-3-5-7-9-11-13-15-17-19-21-23-24-25-26-27-28-30-32-34-36-38-40-42-44-46-48-58(76)71-53(54(75)47-45-43-41-39-37-35-33-31-29-22-20-18-16-14-12-10-8-6-4-2)52-84-68-64(82)61(79)66(56(50-73)86-68)89-70-65(83)62(80)67(57(51-74)87-70)88-69-63(81)60(78)59(77)55(49-72)85-69/h5,7,11,13,17,19,23-24,26-27,53-57,59-70,72-75,77-83H,3-4,6,8-10,12,14-16,18,20-22,25,28-52H2,1-2H3,(H,71,76)/b7-5-,13-11-,19-17-,24-23-,27-26-. The largest absolute Gasteiger partial charge is 0.394 e. The van der Waals surface area contributed by atoms with Crippen LogP contribution in [0.2, 0.25) is 0 Å². The lowest BCUT2D eigenvalue weighted by Gasteiger charge is -2.48. The van der Waals surface area contributed by atoms with Crippen LogP contribution < -0.4 is 5.32 Å². The monoisotopic (exact) mass is 1270 g/mol. The molecule has 17 unspecified atom stereocenters. The van der Waals surface area contributed by atoms with Gasteiger partial charge in [-0.05, 0) is 57.8 Å². The Bertz CT molecular complexity index is 1850. The lowest BCUT2D eigenvalue weighted by molar-refractivity contribution is -0.379. The second kappa shape index (κ2) is 51.8. The minimum Gasteiger partial charge on any atom is -0.394 e. The van der Waals surface area contributed by atoms with E-state index in [0.29, 0.717) is 12.8 Å². The molecule has 1 amide bonds. The van der Waals surface area contributed by atoms with E-state index in [0.717, 1.165) is 89.9 Å². The Balaban J connectivity index is 1.43. The molecule has 3 heterocycles. The summed E-state index contributed by atoms with van der Waals surface area (Å²) in [6, 6.07) is -0.894. The van der Waals surface area contributed by atoms with Crippen molar-refractivity contribution in [3.05, 3.63) is 60.8 Å². The topological polar surface area (TPSA) is 307 Å². The Morgan fingerprint density at radius 2 is 0.775 bits per heavy atom. The number of allylic oxidation sites excluding steroid dienone is 10. The highest BCUT2D eigenvalue weighted by Crippen LogP contribution is 2.33. The van der Waals surface area contributed by atoms with Crippen molar-refractivity contribution in [2.75, 3.05) is 26.4 Å². The zero-order valence-corrected chi connectivity index (χ0v) is 54.6. The molecule has 0 aromatic carbocycles. The molecule has 0 saturated carbocycles. The van der Waals surface area contributed by atoms with Crippen molar-refractivity contribution < 1.29 is 89.4 Å². The van der Waals surface area contributed by atoms with Crippen LogP contribution in [0.4, 0.5) is 0 Å². The van der Waals surface area contributed by atoms with Gasteiger partial charge in [-0.3, -0.25) is 4.79 Å². The van der Waals surface area contributed by atoms with Crippen molar-refractivity contribution in [3.8, 4) is 0 Å². The Morgan fingerprint density at radius 3 is 1.21 bits per heavy atom. The van der Waals surface area contributed by atoms with Gasteiger partial charge in [-0.15, -0.1) is 0 Å². The summed E-state index contributed by atoms with van der Waals surface area (Å²) in [5.74, 6) is -0.250. The zero-order chi connectivity index (χ0) is 64.7. The molecule has 0 bridgehead atoms. The van der Waals surface area contributed by atoms with Gasteiger partial charge in [-0.1, -0.05) is 242 Å². The number of rotatable bonds is 53. The molecule has 3 saturated heterocycles. The quantitative estimate of drug-likeness (QED) is 0.0199. The molecule has 3 aliphatic heterocycles. The molecule has 0 aromatic heterocycles. The molecule has 0 aromatic rings. The summed E-state index contributed by atoms with van der Waals surface area (Å²) in [6.07, 6.45) is 35.7. The van der Waals surface area contributed by atoms with E-state index in [1.807, 2.05) is 0 Å². The second-order valence-electron chi connectivity index (χ2n) is 25.0. The molecule has 3 fully saturated rings. The van der Waals surface area contributed by atoms with Gasteiger partial charge in [0.2, 0.25) is 5.91 Å². The van der Waals surface area contributed by atoms with Gasteiger partial charge in [-0.2, -0.15) is 0 Å². The summed E-state index contributed by atoms with van der Waals surface area (Å²) in [4.78, 5) is 13.4. The molecule has 518 valence electrons. The van der Waals surface area contributed by atoms with E-state index < -0.39 is 124 Å². The van der Waals surface area contributed by atoms with Gasteiger partial charge < -0.3 is 89.9 Å². The van der Waals surface area contributed by atoms with Gasteiger partial charge in [0.05, 0.1) is 38.6 Å². The van der Waals surface area contributed by atoms with Crippen LogP contribution in [-0.2, 0) is 33.2 Å². The van der Waals surface area contributed by atoms with Crippen LogP contribution in [0, 0.1) is 0 Å². The highest BCUT2D eigenvalue weighted by Gasteiger charge is 2.53. The molecular weight excluding hydrogens is 1140 g/mol. The van der Waals surface area contributed by atoms with Crippen molar-refractivity contribution in [3.63, 3.8) is 0 Å². The summed E-state index contributed by atoms with van der Waals surface area (Å²) in [5.41, 5.74) is 0. The van der Waals surface area contributed by atoms with Crippen LogP contribution in [-0.4, -0.2) is 193 Å². The van der Waals surface area contributed by atoms with Gasteiger partial charge in [0.25, 0.3) is 0 Å². The summed E-state index contributed by atoms with van der Waals surface area (Å²) < 4.78 is 34.4. The van der Waals surface area contributed by atoms with E-state index in [9.17, 15) is 61.0 Å². The van der Waals surface area contributed by atoms with Crippen LogP contribution in [0.1, 0.15) is 245 Å². The maximum Gasteiger partial charge on any atom is 0.220 e. The summed E-state index contributed by atoms with van der Waals surface area (Å²) in [5, 5.41) is 121. The van der Waals surface area contributed by atoms with E-state index in [2.05, 4.69) is 79.9 Å². The maximum atomic E-state index is 13.4. The number of carbonyl (C=O) groups excluding carboxylic acids is 1. The van der Waals surface area contributed by atoms with Crippen LogP contribution >= 0.6 is 0 Å². The number of aliphatic hydroxyl groups excluding tert-OH is 11. The van der Waals surface area contributed by atoms with Crippen molar-refractivity contribution >= 4 is 5.91 Å². The van der Waals surface area contributed by atoms with Crippen molar-refractivity contribution in [1.82, 2.24) is 5.32 Å². The second-order valence-corrected chi connectivity index (χ2v) is 25.0. The number of aliphatic hydroxyl groups is 11. The number of ether oxygens (including phenoxy) is 6. The summed E-state index contributed by atoms with van der Waals surface area (Å²) in [6.45, 7) is 1.69. The first kappa shape index (κ1) is 80.7. The predicted molar refractivity (Wildman–Crippen MR) is 346 cm³/mol. The molecular formula is C70H125NO18. The number of hydrogen-bond acceptors (Lipinski definition) is 18. The molecule has 0 spiro atoms. The number of unbranched alkanes of at least 4 members (excludes halogenated alkanes) is 27. The first-order chi connectivity index (χ1) is 43.3. The van der Waals surface area contributed by atoms with Crippen LogP contribution in [0.5, 0.6) is 0 Å². The van der Waals surface area contributed by atoms with Crippen LogP contribution in [0.3, 0.4) is 0 Å². The number of hydrogen-bond donors (Lipinski definition) is 12. The molecule has 17 atom stereocenters. The molecule has 89 heavy (non-hydrogen) atoms. The lowest BCUT2D eigenvalue weighted by atomic mass is 9.96. The minimum absolute atomic E-state index is 0.250.